The van der Waals surface area contributed by atoms with Gasteiger partial charge in [-0.3, -0.25) is 24.6 Å². The number of alkyl carbamates (subject to hydrolysis) is 1. The smallest absolute Gasteiger partial charge is 0.410 e. The number of carbonyl (C=O) groups is 5. The van der Waals surface area contributed by atoms with Gasteiger partial charge >= 0.3 is 12.2 Å². The molecule has 1 unspecified atom stereocenters. The molecular formula is C33H40FN5O7. The standard InChI is InChI=1S/C33H40FN5O7/c1-20(2)45-31(43)37-26-12-7-5-3-4-6-10-22-14-33(22,30(42)36-19-35)15-28(40)27-13-23(17-39(27)29(26)41)46-32(44)38-16-21-9-8-11-25(34)24(21)18-38/h6,8-11,20,22-23,26-27H,3-5,7,12-18H2,1-2H3,(H,36,42)(H,37,43)/b10-6-/t22-,23-,26+,27?,33-/m1/s1. The number of nitrogens with zero attached hydrogens (tertiary/aromatic N) is 3. The van der Waals surface area contributed by atoms with Crippen molar-refractivity contribution in [2.75, 3.05) is 6.54 Å². The first-order valence-electron chi connectivity index (χ1n) is 15.9. The summed E-state index contributed by atoms with van der Waals surface area (Å²) in [5.41, 5.74) is -0.0190. The quantitative estimate of drug-likeness (QED) is 0.286. The van der Waals surface area contributed by atoms with E-state index in [9.17, 15) is 28.4 Å². The molecule has 13 heteroatoms. The SMILES string of the molecule is CC(C)OC(=O)N[C@H]1CCCCC/C=C\[C@@H]2C[C@@]2(C(=O)NC#N)CC(=O)C2C[C@@H](OC(=O)N3Cc4cccc(F)c4C3)CN2C1=O. The average Bonchev–Trinajstić information content (AvgIpc) is 3.31. The summed E-state index contributed by atoms with van der Waals surface area (Å²) in [4.78, 5) is 69.6. The van der Waals surface area contributed by atoms with Crippen LogP contribution in [0, 0.1) is 28.6 Å². The molecule has 1 saturated carbocycles. The lowest BCUT2D eigenvalue weighted by Crippen LogP contribution is -2.52. The Morgan fingerprint density at radius 3 is 2.70 bits per heavy atom. The van der Waals surface area contributed by atoms with Crippen LogP contribution in [0.25, 0.3) is 0 Å². The number of fused-ring (bicyclic) bond motifs is 3. The zero-order chi connectivity index (χ0) is 33.0. The van der Waals surface area contributed by atoms with Crippen molar-refractivity contribution < 1.29 is 37.8 Å². The minimum Gasteiger partial charge on any atom is -0.447 e. The highest BCUT2D eigenvalue weighted by molar-refractivity contribution is 5.98. The second kappa shape index (κ2) is 13.9. The first-order chi connectivity index (χ1) is 22.0. The molecule has 1 aromatic carbocycles. The van der Waals surface area contributed by atoms with E-state index in [1.54, 1.807) is 32.2 Å². The van der Waals surface area contributed by atoms with Gasteiger partial charge in [-0.25, -0.2) is 14.0 Å². The highest BCUT2D eigenvalue weighted by atomic mass is 19.1. The molecule has 0 radical (unpaired) electrons. The second-order valence-corrected chi connectivity index (χ2v) is 12.9. The third kappa shape index (κ3) is 7.16. The van der Waals surface area contributed by atoms with Crippen LogP contribution in [0.4, 0.5) is 14.0 Å². The average molecular weight is 638 g/mol. The number of nitriles is 1. The number of Topliss-reactive ketones (excluding diaryl/α,β-unsaturated/α-hetero) is 1. The largest absolute Gasteiger partial charge is 0.447 e. The van der Waals surface area contributed by atoms with E-state index in [-0.39, 0.29) is 38.4 Å². The van der Waals surface area contributed by atoms with Crippen LogP contribution >= 0.6 is 0 Å². The van der Waals surface area contributed by atoms with Crippen LogP contribution in [-0.4, -0.2) is 70.4 Å². The van der Waals surface area contributed by atoms with Gasteiger partial charge in [0.2, 0.25) is 11.8 Å². The van der Waals surface area contributed by atoms with Crippen LogP contribution in [0.2, 0.25) is 0 Å². The van der Waals surface area contributed by atoms with E-state index in [2.05, 4.69) is 10.6 Å². The van der Waals surface area contributed by atoms with Gasteiger partial charge in [-0.1, -0.05) is 37.1 Å². The van der Waals surface area contributed by atoms with Crippen molar-refractivity contribution in [1.29, 1.82) is 5.26 Å². The van der Waals surface area contributed by atoms with Crippen molar-refractivity contribution >= 4 is 29.8 Å². The molecule has 12 nitrogen and oxygen atoms in total. The Labute approximate surface area is 267 Å². The Balaban J connectivity index is 1.38. The van der Waals surface area contributed by atoms with Crippen LogP contribution in [-0.2, 0) is 36.9 Å². The summed E-state index contributed by atoms with van der Waals surface area (Å²) < 4.78 is 25.3. The molecule has 2 fully saturated rings. The zero-order valence-electron chi connectivity index (χ0n) is 26.1. The highest BCUT2D eigenvalue weighted by Crippen LogP contribution is 2.57. The normalized spacial score (nSPS) is 28.5. The van der Waals surface area contributed by atoms with E-state index in [4.69, 9.17) is 14.7 Å². The predicted molar refractivity (Wildman–Crippen MR) is 161 cm³/mol. The third-order valence-electron chi connectivity index (χ3n) is 9.28. The Kier molecular flexibility index (Phi) is 9.94. The van der Waals surface area contributed by atoms with Crippen molar-refractivity contribution in [3.63, 3.8) is 0 Å². The number of hydrogen-bond donors (Lipinski definition) is 2. The third-order valence-corrected chi connectivity index (χ3v) is 9.28. The van der Waals surface area contributed by atoms with E-state index in [1.165, 1.54) is 15.9 Å². The topological polar surface area (TPSA) is 158 Å². The van der Waals surface area contributed by atoms with E-state index < -0.39 is 65.3 Å². The second-order valence-electron chi connectivity index (χ2n) is 12.9. The first-order valence-corrected chi connectivity index (χ1v) is 15.9. The number of ketones is 1. The number of carbonyl (C=O) groups excluding carboxylic acids is 5. The number of rotatable bonds is 4. The summed E-state index contributed by atoms with van der Waals surface area (Å²) in [7, 11) is 0. The fourth-order valence-corrected chi connectivity index (χ4v) is 6.79. The molecule has 1 aliphatic carbocycles. The maximum atomic E-state index is 14.3. The monoisotopic (exact) mass is 637 g/mol. The molecule has 5 rings (SSSR count). The van der Waals surface area contributed by atoms with Crippen molar-refractivity contribution in [3.05, 3.63) is 47.3 Å². The van der Waals surface area contributed by atoms with E-state index in [0.717, 1.165) is 19.3 Å². The minimum absolute atomic E-state index is 0.00885. The van der Waals surface area contributed by atoms with Crippen molar-refractivity contribution in [1.82, 2.24) is 20.4 Å². The first kappa shape index (κ1) is 32.9. The van der Waals surface area contributed by atoms with Gasteiger partial charge < -0.3 is 19.7 Å². The zero-order valence-corrected chi connectivity index (χ0v) is 26.1. The fourth-order valence-electron chi connectivity index (χ4n) is 6.79. The van der Waals surface area contributed by atoms with Crippen molar-refractivity contribution in [2.24, 2.45) is 11.3 Å². The Bertz CT molecular complexity index is 1460. The summed E-state index contributed by atoms with van der Waals surface area (Å²) >= 11 is 0. The van der Waals surface area contributed by atoms with Crippen molar-refractivity contribution in [2.45, 2.75) is 103 Å². The van der Waals surface area contributed by atoms with Crippen LogP contribution in [0.3, 0.4) is 0 Å². The number of amides is 4. The molecule has 1 aromatic rings. The molecule has 3 aliphatic heterocycles. The van der Waals surface area contributed by atoms with Crippen LogP contribution in [0.5, 0.6) is 0 Å². The van der Waals surface area contributed by atoms with Crippen molar-refractivity contribution in [3.8, 4) is 6.19 Å². The molecule has 4 aliphatic rings. The Morgan fingerprint density at radius 2 is 1.96 bits per heavy atom. The van der Waals surface area contributed by atoms with Gasteiger partial charge in [-0.15, -0.1) is 0 Å². The number of ether oxygens (including phenoxy) is 2. The Hall–Kier alpha value is -4.47. The van der Waals surface area contributed by atoms with Gasteiger partial charge in [-0.2, -0.15) is 5.26 Å². The summed E-state index contributed by atoms with van der Waals surface area (Å²) in [6.07, 6.45) is 6.30. The summed E-state index contributed by atoms with van der Waals surface area (Å²) in [6, 6.07) is 2.63. The lowest BCUT2D eigenvalue weighted by molar-refractivity contribution is -0.140. The van der Waals surface area contributed by atoms with Crippen LogP contribution in [0.15, 0.2) is 30.4 Å². The molecule has 246 valence electrons. The number of hydrogen-bond acceptors (Lipinski definition) is 8. The molecule has 0 bridgehead atoms. The molecular weight excluding hydrogens is 597 g/mol. The molecule has 2 N–H and O–H groups in total. The Morgan fingerprint density at radius 1 is 1.15 bits per heavy atom. The lowest BCUT2D eigenvalue weighted by Gasteiger charge is -2.29. The van der Waals surface area contributed by atoms with Gasteiger partial charge in [-0.05, 0) is 57.1 Å². The summed E-state index contributed by atoms with van der Waals surface area (Å²) in [6.45, 7) is 3.48. The minimum atomic E-state index is -1.11. The van der Waals surface area contributed by atoms with Crippen LogP contribution in [0.1, 0.15) is 76.3 Å². The van der Waals surface area contributed by atoms with Crippen LogP contribution < -0.4 is 10.6 Å². The maximum Gasteiger partial charge on any atom is 0.410 e. The molecule has 0 aromatic heterocycles. The number of nitrogens with one attached hydrogen (secondary N) is 2. The molecule has 1 saturated heterocycles. The molecule has 5 atom stereocenters. The van der Waals surface area contributed by atoms with E-state index >= 15 is 0 Å². The van der Waals surface area contributed by atoms with Gasteiger partial charge in [0.05, 0.1) is 30.7 Å². The summed E-state index contributed by atoms with van der Waals surface area (Å²) in [5, 5.41) is 14.0. The molecule has 3 heterocycles. The lowest BCUT2D eigenvalue weighted by atomic mass is 9.91. The number of halogens is 1. The fraction of sp³-hybridized carbons (Fsp3) is 0.576. The summed E-state index contributed by atoms with van der Waals surface area (Å²) in [5.74, 6) is -2.09. The number of allylic oxidation sites excluding steroid dienone is 2. The highest BCUT2D eigenvalue weighted by Gasteiger charge is 2.60. The van der Waals surface area contributed by atoms with E-state index in [0.29, 0.717) is 30.4 Å². The molecule has 46 heavy (non-hydrogen) atoms. The van der Waals surface area contributed by atoms with Gasteiger partial charge in [0.25, 0.3) is 0 Å². The van der Waals surface area contributed by atoms with Gasteiger partial charge in [0.15, 0.2) is 12.0 Å². The molecule has 4 amide bonds. The van der Waals surface area contributed by atoms with Gasteiger partial charge in [0, 0.05) is 24.9 Å². The van der Waals surface area contributed by atoms with Gasteiger partial charge in [0.1, 0.15) is 18.0 Å². The van der Waals surface area contributed by atoms with E-state index in [1.807, 2.05) is 12.2 Å². The predicted octanol–water partition coefficient (Wildman–Crippen LogP) is 3.83. The number of benzene rings is 1. The molecule has 0 spiro atoms. The maximum absolute atomic E-state index is 14.3.